The van der Waals surface area contributed by atoms with Crippen molar-refractivity contribution in [1.82, 2.24) is 10.1 Å². The molecule has 0 bridgehead atoms. The maximum atomic E-state index is 11.6. The number of aryl methyl sites for hydroxylation is 1. The summed E-state index contributed by atoms with van der Waals surface area (Å²) in [7, 11) is 0. The van der Waals surface area contributed by atoms with Crippen molar-refractivity contribution in [3.05, 3.63) is 11.8 Å². The molecule has 0 spiro atoms. The van der Waals surface area contributed by atoms with Crippen LogP contribution in [-0.4, -0.2) is 41.6 Å². The van der Waals surface area contributed by atoms with E-state index in [0.717, 1.165) is 19.5 Å². The minimum Gasteiger partial charge on any atom is -0.360 e. The van der Waals surface area contributed by atoms with Crippen LogP contribution in [0.4, 0.5) is 5.82 Å². The van der Waals surface area contributed by atoms with Gasteiger partial charge in [0.15, 0.2) is 5.82 Å². The second-order valence-electron chi connectivity index (χ2n) is 4.15. The number of aromatic nitrogens is 1. The average Bonchev–Trinajstić information content (AvgIpc) is 2.76. The molecule has 0 aliphatic carbocycles. The molecular weight excluding hydrogens is 244 g/mol. The number of nitrogens with zero attached hydrogens (tertiary/aromatic N) is 2. The number of likely N-dealkylation sites (tertiary alicyclic amines) is 1. The molecule has 2 heterocycles. The largest absolute Gasteiger partial charge is 0.360 e. The number of carbonyl (C=O) groups excluding carboxylic acids is 1. The van der Waals surface area contributed by atoms with Gasteiger partial charge in [-0.3, -0.25) is 9.69 Å². The molecule has 1 atom stereocenters. The molecule has 1 aliphatic rings. The van der Waals surface area contributed by atoms with Gasteiger partial charge in [-0.1, -0.05) is 5.16 Å². The van der Waals surface area contributed by atoms with Gasteiger partial charge in [-0.25, -0.2) is 0 Å². The van der Waals surface area contributed by atoms with Crippen molar-refractivity contribution in [2.45, 2.75) is 19.4 Å². The lowest BCUT2D eigenvalue weighted by molar-refractivity contribution is -0.117. The molecule has 96 valence electrons. The third-order valence-electron chi connectivity index (χ3n) is 2.57. The van der Waals surface area contributed by atoms with Crippen LogP contribution in [0.5, 0.6) is 0 Å². The van der Waals surface area contributed by atoms with Gasteiger partial charge in [-0.05, 0) is 13.3 Å². The maximum absolute atomic E-state index is 11.6. The Labute approximate surface area is 106 Å². The Bertz CT molecular complexity index is 382. The summed E-state index contributed by atoms with van der Waals surface area (Å²) in [6.07, 6.45) is 0.955. The van der Waals surface area contributed by atoms with E-state index in [1.807, 2.05) is 4.90 Å². The fourth-order valence-corrected chi connectivity index (χ4v) is 1.82. The minimum atomic E-state index is -0.0811. The molecule has 1 aromatic rings. The van der Waals surface area contributed by atoms with Crippen molar-refractivity contribution in [3.63, 3.8) is 0 Å². The Morgan fingerprint density at radius 2 is 2.53 bits per heavy atom. The molecule has 0 saturated carbocycles. The van der Waals surface area contributed by atoms with E-state index in [4.69, 9.17) is 10.3 Å². The minimum absolute atomic E-state index is 0. The zero-order valence-electron chi connectivity index (χ0n) is 9.68. The van der Waals surface area contributed by atoms with Gasteiger partial charge in [0.25, 0.3) is 0 Å². The topological polar surface area (TPSA) is 84.4 Å². The van der Waals surface area contributed by atoms with E-state index >= 15 is 0 Å². The molecule has 2 rings (SSSR count). The first-order valence-corrected chi connectivity index (χ1v) is 5.34. The molecule has 1 aromatic heterocycles. The third-order valence-corrected chi connectivity index (χ3v) is 2.57. The SMILES string of the molecule is Cc1cc(NC(=O)CN2CC[C@@H](N)C2)no1.Cl. The smallest absolute Gasteiger partial charge is 0.239 e. The van der Waals surface area contributed by atoms with Crippen LogP contribution >= 0.6 is 12.4 Å². The van der Waals surface area contributed by atoms with Gasteiger partial charge in [0.1, 0.15) is 5.76 Å². The van der Waals surface area contributed by atoms with E-state index in [9.17, 15) is 4.79 Å². The predicted molar refractivity (Wildman–Crippen MR) is 66.2 cm³/mol. The summed E-state index contributed by atoms with van der Waals surface area (Å²) in [5.74, 6) is 1.06. The summed E-state index contributed by atoms with van der Waals surface area (Å²) in [6, 6.07) is 1.88. The summed E-state index contributed by atoms with van der Waals surface area (Å²) in [5.41, 5.74) is 5.76. The second-order valence-corrected chi connectivity index (χ2v) is 4.15. The van der Waals surface area contributed by atoms with Crippen LogP contribution in [0.3, 0.4) is 0 Å². The summed E-state index contributed by atoms with van der Waals surface area (Å²) < 4.78 is 4.85. The van der Waals surface area contributed by atoms with Crippen LogP contribution in [-0.2, 0) is 4.79 Å². The molecule has 6 nitrogen and oxygen atoms in total. The van der Waals surface area contributed by atoms with Crippen molar-refractivity contribution in [3.8, 4) is 0 Å². The van der Waals surface area contributed by atoms with Gasteiger partial charge in [-0.2, -0.15) is 0 Å². The van der Waals surface area contributed by atoms with Crippen LogP contribution in [0.15, 0.2) is 10.6 Å². The predicted octanol–water partition coefficient (Wildman–Crippen LogP) is 0.376. The molecule has 17 heavy (non-hydrogen) atoms. The third kappa shape index (κ3) is 3.99. The zero-order valence-corrected chi connectivity index (χ0v) is 10.5. The normalized spacial score (nSPS) is 20.0. The van der Waals surface area contributed by atoms with Crippen LogP contribution in [0.2, 0.25) is 0 Å². The molecule has 1 saturated heterocycles. The summed E-state index contributed by atoms with van der Waals surface area (Å²) in [5, 5.41) is 6.37. The van der Waals surface area contributed by atoms with Crippen LogP contribution in [0, 0.1) is 6.92 Å². The molecule has 0 aromatic carbocycles. The number of hydrogen-bond donors (Lipinski definition) is 2. The highest BCUT2D eigenvalue weighted by Gasteiger charge is 2.21. The lowest BCUT2D eigenvalue weighted by atomic mass is 10.3. The van der Waals surface area contributed by atoms with E-state index in [1.54, 1.807) is 13.0 Å². The lowest BCUT2D eigenvalue weighted by Gasteiger charge is -2.13. The molecule has 0 radical (unpaired) electrons. The van der Waals surface area contributed by atoms with Gasteiger partial charge in [0.2, 0.25) is 5.91 Å². The highest BCUT2D eigenvalue weighted by molar-refractivity contribution is 5.91. The number of amides is 1. The molecular formula is C10H17ClN4O2. The fourth-order valence-electron chi connectivity index (χ4n) is 1.82. The Morgan fingerprint density at radius 1 is 1.76 bits per heavy atom. The van der Waals surface area contributed by atoms with Crippen LogP contribution in [0.1, 0.15) is 12.2 Å². The van der Waals surface area contributed by atoms with Crippen LogP contribution < -0.4 is 11.1 Å². The Kier molecular flexibility index (Phi) is 4.92. The van der Waals surface area contributed by atoms with Crippen molar-refractivity contribution >= 4 is 24.1 Å². The summed E-state index contributed by atoms with van der Waals surface area (Å²) in [6.45, 7) is 3.81. The summed E-state index contributed by atoms with van der Waals surface area (Å²) in [4.78, 5) is 13.6. The molecule has 0 unspecified atom stereocenters. The number of carbonyl (C=O) groups is 1. The molecule has 1 fully saturated rings. The van der Waals surface area contributed by atoms with Gasteiger partial charge < -0.3 is 15.6 Å². The Balaban J connectivity index is 0.00000144. The quantitative estimate of drug-likeness (QED) is 0.821. The highest BCUT2D eigenvalue weighted by atomic mass is 35.5. The number of hydrogen-bond acceptors (Lipinski definition) is 5. The number of rotatable bonds is 3. The van der Waals surface area contributed by atoms with Gasteiger partial charge in [0.05, 0.1) is 6.54 Å². The number of halogens is 1. The van der Waals surface area contributed by atoms with Gasteiger partial charge in [-0.15, -0.1) is 12.4 Å². The lowest BCUT2D eigenvalue weighted by Crippen LogP contribution is -2.33. The van der Waals surface area contributed by atoms with Crippen molar-refractivity contribution < 1.29 is 9.32 Å². The second kappa shape index (κ2) is 6.00. The van der Waals surface area contributed by atoms with E-state index in [1.165, 1.54) is 0 Å². The van der Waals surface area contributed by atoms with E-state index in [0.29, 0.717) is 18.1 Å². The molecule has 7 heteroatoms. The highest BCUT2D eigenvalue weighted by Crippen LogP contribution is 2.09. The van der Waals surface area contributed by atoms with E-state index < -0.39 is 0 Å². The Morgan fingerprint density at radius 3 is 3.06 bits per heavy atom. The first-order chi connectivity index (χ1) is 7.63. The average molecular weight is 261 g/mol. The number of nitrogens with two attached hydrogens (primary N) is 1. The number of nitrogens with one attached hydrogen (secondary N) is 1. The zero-order chi connectivity index (χ0) is 11.5. The Hall–Kier alpha value is -1.11. The first-order valence-electron chi connectivity index (χ1n) is 5.34. The standard InChI is InChI=1S/C10H16N4O2.ClH/c1-7-4-9(13-16-7)12-10(15)6-14-3-2-8(11)5-14;/h4,8H,2-3,5-6,11H2,1H3,(H,12,13,15);1H/t8-;/m1./s1. The molecule has 1 amide bonds. The van der Waals surface area contributed by atoms with Gasteiger partial charge in [0, 0.05) is 25.2 Å². The fraction of sp³-hybridized carbons (Fsp3) is 0.600. The van der Waals surface area contributed by atoms with E-state index in [2.05, 4.69) is 10.5 Å². The molecule has 3 N–H and O–H groups in total. The summed E-state index contributed by atoms with van der Waals surface area (Å²) >= 11 is 0. The maximum Gasteiger partial charge on any atom is 0.239 e. The molecule has 1 aliphatic heterocycles. The van der Waals surface area contributed by atoms with Crippen molar-refractivity contribution in [1.29, 1.82) is 0 Å². The monoisotopic (exact) mass is 260 g/mol. The van der Waals surface area contributed by atoms with E-state index in [-0.39, 0.29) is 24.4 Å². The van der Waals surface area contributed by atoms with Gasteiger partial charge >= 0.3 is 0 Å². The van der Waals surface area contributed by atoms with Crippen molar-refractivity contribution in [2.75, 3.05) is 25.0 Å². The first kappa shape index (κ1) is 14.0. The van der Waals surface area contributed by atoms with Crippen molar-refractivity contribution in [2.24, 2.45) is 5.73 Å². The number of anilines is 1. The van der Waals surface area contributed by atoms with Crippen LogP contribution in [0.25, 0.3) is 0 Å².